The monoisotopic (exact) mass is 702 g/mol. The number of hydrogen-bond donors (Lipinski definition) is 3. The van der Waals surface area contributed by atoms with Gasteiger partial charge in [0.15, 0.2) is 0 Å². The lowest BCUT2D eigenvalue weighted by molar-refractivity contribution is -0.870. The summed E-state index contributed by atoms with van der Waals surface area (Å²) >= 11 is 0. The number of aliphatic hydroxyl groups is 1. The first kappa shape index (κ1) is 47.2. The summed E-state index contributed by atoms with van der Waals surface area (Å²) in [6.07, 6.45) is 34.2. The van der Waals surface area contributed by atoms with Crippen molar-refractivity contribution >= 4 is 13.7 Å². The highest BCUT2D eigenvalue weighted by molar-refractivity contribution is 7.49. The third-order valence-corrected chi connectivity index (χ3v) is 10.2. The van der Waals surface area contributed by atoms with Crippen LogP contribution in [0.5, 0.6) is 0 Å². The highest BCUT2D eigenvalue weighted by Gasteiger charge is 2.22. The number of nitrogens with one attached hydrogen (secondary N) is 2. The summed E-state index contributed by atoms with van der Waals surface area (Å²) in [5, 5.41) is 16.3. The molecule has 1 amide bonds. The highest BCUT2D eigenvalue weighted by Crippen LogP contribution is 2.31. The van der Waals surface area contributed by atoms with Gasteiger partial charge in [-0.3, -0.25) is 14.4 Å². The number of hydrogen-bond acceptors (Lipinski definition) is 5. The van der Waals surface area contributed by atoms with Gasteiger partial charge in [0, 0.05) is 13.0 Å². The van der Waals surface area contributed by atoms with E-state index in [1.165, 1.54) is 128 Å². The summed E-state index contributed by atoms with van der Waals surface area (Å²) in [7, 11) is 1.58. The fourth-order valence-corrected chi connectivity index (χ4v) is 6.66. The predicted octanol–water partition coefficient (Wildman–Crippen LogP) is 9.35. The van der Waals surface area contributed by atoms with Crippen LogP contribution in [0.15, 0.2) is 12.2 Å². The Morgan fingerprint density at radius 2 is 1.15 bits per heavy atom. The van der Waals surface area contributed by atoms with E-state index in [0.717, 1.165) is 32.1 Å². The molecule has 0 heterocycles. The Morgan fingerprint density at radius 1 is 0.729 bits per heavy atom. The topological polar surface area (TPSA) is 111 Å². The minimum Gasteiger partial charge on any atom is -0.766 e. The van der Waals surface area contributed by atoms with Gasteiger partial charge in [0.25, 0.3) is 0 Å². The van der Waals surface area contributed by atoms with E-state index in [9.17, 15) is 19.4 Å². The van der Waals surface area contributed by atoms with Crippen molar-refractivity contribution in [2.45, 2.75) is 193 Å². The standard InChI is InChI=1S/C39H80N3O5P/c1-6-8-10-12-14-16-18-20-22-24-26-28-30-32-38(43)37(36-40-48(45,46)47-35-34-42(3,4)5)41-39(44)33-31-29-27-25-23-21-19-17-15-13-11-9-7-2/h30,32,37-38,43H,6-29,31,33-36H2,1-5H3,(H2-,40,41,44,45,46)/b32-30+/t37-,38+/m0/s1. The molecule has 0 spiro atoms. The lowest BCUT2D eigenvalue weighted by atomic mass is 10.0. The van der Waals surface area contributed by atoms with Crippen molar-refractivity contribution in [2.24, 2.45) is 0 Å². The van der Waals surface area contributed by atoms with Gasteiger partial charge in [0.05, 0.1) is 33.3 Å². The molecular formula is C39H80N3O5P. The smallest absolute Gasteiger partial charge is 0.220 e. The zero-order valence-electron chi connectivity index (χ0n) is 32.3. The molecule has 3 N–H and O–H groups in total. The van der Waals surface area contributed by atoms with Gasteiger partial charge in [-0.2, -0.15) is 0 Å². The van der Waals surface area contributed by atoms with E-state index in [4.69, 9.17) is 4.52 Å². The van der Waals surface area contributed by atoms with Crippen LogP contribution in [0.1, 0.15) is 181 Å². The quantitative estimate of drug-likeness (QED) is 0.0260. The zero-order valence-corrected chi connectivity index (χ0v) is 33.2. The van der Waals surface area contributed by atoms with E-state index in [2.05, 4.69) is 24.3 Å². The Balaban J connectivity index is 4.50. The maximum absolute atomic E-state index is 12.8. The molecule has 0 radical (unpaired) electrons. The molecule has 0 aromatic rings. The number of nitrogens with zero attached hydrogens (tertiary/aromatic N) is 1. The summed E-state index contributed by atoms with van der Waals surface area (Å²) in [6, 6.07) is -0.766. The number of rotatable bonds is 36. The number of likely N-dealkylation sites (N-methyl/N-ethyl adjacent to an activating group) is 1. The number of quaternary nitrogens is 1. The molecule has 0 aliphatic rings. The van der Waals surface area contributed by atoms with Crippen LogP contribution in [-0.4, -0.2) is 68.5 Å². The maximum Gasteiger partial charge on any atom is 0.220 e. The van der Waals surface area contributed by atoms with Crippen molar-refractivity contribution in [3.63, 3.8) is 0 Å². The fraction of sp³-hybridized carbons (Fsp3) is 0.923. The molecule has 0 bridgehead atoms. The highest BCUT2D eigenvalue weighted by atomic mass is 31.2. The third kappa shape index (κ3) is 33.7. The van der Waals surface area contributed by atoms with Crippen LogP contribution in [0, 0.1) is 0 Å². The van der Waals surface area contributed by atoms with Gasteiger partial charge >= 0.3 is 0 Å². The van der Waals surface area contributed by atoms with Crippen LogP contribution in [0.3, 0.4) is 0 Å². The van der Waals surface area contributed by atoms with Crippen LogP contribution >= 0.6 is 7.75 Å². The summed E-state index contributed by atoms with van der Waals surface area (Å²) in [5.74, 6) is -0.158. The molecule has 286 valence electrons. The van der Waals surface area contributed by atoms with Crippen molar-refractivity contribution in [1.29, 1.82) is 0 Å². The second-order valence-electron chi connectivity index (χ2n) is 15.1. The number of allylic oxidation sites excluding steroid dienone is 1. The van der Waals surface area contributed by atoms with E-state index in [1.54, 1.807) is 6.08 Å². The van der Waals surface area contributed by atoms with Crippen LogP contribution in [0.25, 0.3) is 0 Å². The first-order valence-corrected chi connectivity index (χ1v) is 21.7. The molecule has 0 aliphatic heterocycles. The number of amides is 1. The first-order chi connectivity index (χ1) is 23.0. The third-order valence-electron chi connectivity index (χ3n) is 9.10. The second-order valence-corrected chi connectivity index (χ2v) is 16.7. The maximum atomic E-state index is 12.8. The molecule has 0 aromatic heterocycles. The van der Waals surface area contributed by atoms with Crippen molar-refractivity contribution in [3.05, 3.63) is 12.2 Å². The minimum atomic E-state index is -4.32. The zero-order chi connectivity index (χ0) is 35.8. The largest absolute Gasteiger partial charge is 0.766 e. The average Bonchev–Trinajstić information content (AvgIpc) is 3.02. The summed E-state index contributed by atoms with van der Waals surface area (Å²) in [5.41, 5.74) is 0. The van der Waals surface area contributed by atoms with Gasteiger partial charge < -0.3 is 24.3 Å². The molecule has 8 nitrogen and oxygen atoms in total. The van der Waals surface area contributed by atoms with E-state index in [0.29, 0.717) is 17.4 Å². The number of aliphatic hydroxyl groups excluding tert-OH is 1. The van der Waals surface area contributed by atoms with E-state index >= 15 is 0 Å². The lowest BCUT2D eigenvalue weighted by Gasteiger charge is -2.30. The summed E-state index contributed by atoms with van der Waals surface area (Å²) < 4.78 is 18.2. The molecule has 0 aromatic carbocycles. The van der Waals surface area contributed by atoms with Crippen molar-refractivity contribution < 1.29 is 28.4 Å². The van der Waals surface area contributed by atoms with E-state index < -0.39 is 19.9 Å². The average molecular weight is 702 g/mol. The van der Waals surface area contributed by atoms with Crippen LogP contribution < -0.4 is 15.3 Å². The normalized spacial score (nSPS) is 14.7. The minimum absolute atomic E-state index is 0.0643. The molecule has 0 fully saturated rings. The summed E-state index contributed by atoms with van der Waals surface area (Å²) in [4.78, 5) is 25.3. The SMILES string of the molecule is CCCCCCCCCCCCC/C=C/[C@@H](O)[C@H](CNP(=O)([O-])OCC[N+](C)(C)C)NC(=O)CCCCCCCCCCCCCCC. The second kappa shape index (κ2) is 32.2. The Hall–Kier alpha value is -0.760. The molecule has 0 saturated heterocycles. The van der Waals surface area contributed by atoms with E-state index in [1.807, 2.05) is 27.2 Å². The van der Waals surface area contributed by atoms with Crippen LogP contribution in [0.4, 0.5) is 0 Å². The van der Waals surface area contributed by atoms with E-state index in [-0.39, 0.29) is 19.1 Å². The number of carbonyl (C=O) groups excluding carboxylic acids is 1. The Morgan fingerprint density at radius 3 is 1.58 bits per heavy atom. The molecule has 48 heavy (non-hydrogen) atoms. The van der Waals surface area contributed by atoms with Gasteiger partial charge in [0.2, 0.25) is 13.7 Å². The van der Waals surface area contributed by atoms with Crippen molar-refractivity contribution in [2.75, 3.05) is 40.8 Å². The van der Waals surface area contributed by atoms with Crippen LogP contribution in [0.2, 0.25) is 0 Å². The van der Waals surface area contributed by atoms with Gasteiger partial charge in [-0.1, -0.05) is 167 Å². The molecule has 0 rings (SSSR count). The van der Waals surface area contributed by atoms with Crippen LogP contribution in [-0.2, 0) is 13.9 Å². The summed E-state index contributed by atoms with van der Waals surface area (Å²) in [6.45, 7) is 4.99. The van der Waals surface area contributed by atoms with Gasteiger partial charge in [-0.15, -0.1) is 0 Å². The predicted molar refractivity (Wildman–Crippen MR) is 203 cm³/mol. The number of carbonyl (C=O) groups is 1. The van der Waals surface area contributed by atoms with Gasteiger partial charge in [-0.05, 0) is 19.3 Å². The Kier molecular flexibility index (Phi) is 31.7. The Labute approximate surface area is 297 Å². The molecule has 3 atom stereocenters. The first-order valence-electron chi connectivity index (χ1n) is 20.2. The lowest BCUT2D eigenvalue weighted by Crippen LogP contribution is -2.49. The van der Waals surface area contributed by atoms with Crippen molar-refractivity contribution in [1.82, 2.24) is 10.4 Å². The fourth-order valence-electron chi connectivity index (χ4n) is 5.83. The number of unbranched alkanes of at least 4 members (excludes halogenated alkanes) is 23. The van der Waals surface area contributed by atoms with Crippen molar-refractivity contribution in [3.8, 4) is 0 Å². The molecule has 9 heteroatoms. The Bertz CT molecular complexity index is 805. The van der Waals surface area contributed by atoms with Gasteiger partial charge in [-0.25, -0.2) is 0 Å². The molecule has 1 unspecified atom stereocenters. The molecule has 0 saturated carbocycles. The molecular weight excluding hydrogens is 621 g/mol. The van der Waals surface area contributed by atoms with Gasteiger partial charge in [0.1, 0.15) is 13.2 Å². The molecule has 0 aliphatic carbocycles.